The van der Waals surface area contributed by atoms with Crippen LogP contribution in [0.25, 0.3) is 0 Å². The van der Waals surface area contributed by atoms with Gasteiger partial charge in [-0.2, -0.15) is 13.2 Å². The molecule has 0 aromatic rings. The maximum atomic E-state index is 12.6. The summed E-state index contributed by atoms with van der Waals surface area (Å²) in [6, 6.07) is 0. The molecule has 1 heterocycles. The van der Waals surface area contributed by atoms with Crippen LogP contribution in [0.4, 0.5) is 13.2 Å². The van der Waals surface area contributed by atoms with Crippen LogP contribution in [0.2, 0.25) is 0 Å². The Labute approximate surface area is 101 Å². The Morgan fingerprint density at radius 1 is 1.44 bits per heavy atom. The second kappa shape index (κ2) is 4.11. The van der Waals surface area contributed by atoms with E-state index in [1.54, 1.807) is 0 Å². The van der Waals surface area contributed by atoms with Gasteiger partial charge in [0.05, 0.1) is 6.10 Å². The number of alkyl halides is 3. The predicted octanol–water partition coefficient (Wildman–Crippen LogP) is -0.306. The average Bonchev–Trinajstić information content (AvgIpc) is 2.97. The summed E-state index contributed by atoms with van der Waals surface area (Å²) in [7, 11) is 0. The van der Waals surface area contributed by atoms with Gasteiger partial charge in [-0.3, -0.25) is 9.59 Å². The molecule has 1 aliphatic carbocycles. The van der Waals surface area contributed by atoms with Gasteiger partial charge in [-0.05, 0) is 19.3 Å². The van der Waals surface area contributed by atoms with Crippen molar-refractivity contribution in [1.82, 2.24) is 10.6 Å². The topological polar surface area (TPSA) is 78.4 Å². The summed E-state index contributed by atoms with van der Waals surface area (Å²) in [5.74, 6) is -3.25. The first kappa shape index (κ1) is 13.1. The second-order valence-corrected chi connectivity index (χ2v) is 4.69. The third-order valence-electron chi connectivity index (χ3n) is 3.34. The minimum absolute atomic E-state index is 0.156. The molecule has 1 saturated carbocycles. The van der Waals surface area contributed by atoms with E-state index in [-0.39, 0.29) is 25.8 Å². The zero-order valence-corrected chi connectivity index (χ0v) is 9.38. The summed E-state index contributed by atoms with van der Waals surface area (Å²) >= 11 is 0. The van der Waals surface area contributed by atoms with Gasteiger partial charge in [-0.15, -0.1) is 0 Å². The number of halogens is 3. The lowest BCUT2D eigenvalue weighted by Gasteiger charge is -2.29. The summed E-state index contributed by atoms with van der Waals surface area (Å²) in [5.41, 5.74) is -2.21. The minimum Gasteiger partial charge on any atom is -0.392 e. The van der Waals surface area contributed by atoms with E-state index in [1.165, 1.54) is 0 Å². The molecule has 1 aliphatic heterocycles. The first-order chi connectivity index (χ1) is 8.27. The quantitative estimate of drug-likeness (QED) is 0.600. The van der Waals surface area contributed by atoms with E-state index in [0.29, 0.717) is 0 Å². The zero-order chi connectivity index (χ0) is 13.6. The molecule has 0 aromatic heterocycles. The predicted molar refractivity (Wildman–Crippen MR) is 53.3 cm³/mol. The van der Waals surface area contributed by atoms with E-state index in [1.807, 2.05) is 5.32 Å². The van der Waals surface area contributed by atoms with Crippen molar-refractivity contribution in [2.75, 3.05) is 6.54 Å². The fourth-order valence-electron chi connectivity index (χ4n) is 2.01. The van der Waals surface area contributed by atoms with E-state index in [0.717, 1.165) is 0 Å². The molecule has 3 N–H and O–H groups in total. The molecule has 0 bridgehead atoms. The van der Waals surface area contributed by atoms with Crippen LogP contribution in [0.5, 0.6) is 0 Å². The van der Waals surface area contributed by atoms with Crippen LogP contribution < -0.4 is 10.6 Å². The third kappa shape index (κ3) is 2.16. The van der Waals surface area contributed by atoms with E-state index < -0.39 is 35.6 Å². The third-order valence-corrected chi connectivity index (χ3v) is 3.34. The van der Waals surface area contributed by atoms with Gasteiger partial charge in [0.1, 0.15) is 11.5 Å². The minimum atomic E-state index is -4.53. The summed E-state index contributed by atoms with van der Waals surface area (Å²) in [6.45, 7) is 0.216. The smallest absolute Gasteiger partial charge is 0.392 e. The van der Waals surface area contributed by atoms with Crippen molar-refractivity contribution in [3.05, 3.63) is 0 Å². The molecule has 102 valence electrons. The molecular weight excluding hydrogens is 253 g/mol. The molecule has 0 spiro atoms. The fraction of sp³-hybridized carbons (Fsp3) is 0.800. The average molecular weight is 266 g/mol. The summed E-state index contributed by atoms with van der Waals surface area (Å²) in [4.78, 5) is 23.1. The Balaban J connectivity index is 2.06. The number of piperidine rings is 1. The van der Waals surface area contributed by atoms with Crippen LogP contribution in [0.3, 0.4) is 0 Å². The monoisotopic (exact) mass is 266 g/mol. The van der Waals surface area contributed by atoms with Crippen LogP contribution in [-0.4, -0.2) is 41.3 Å². The first-order valence-electron chi connectivity index (χ1n) is 5.61. The number of aliphatic hydroxyl groups is 1. The van der Waals surface area contributed by atoms with Gasteiger partial charge in [0.25, 0.3) is 0 Å². The molecule has 2 rings (SSSR count). The normalized spacial score (nSPS) is 30.6. The number of aliphatic hydroxyl groups excluding tert-OH is 1. The molecule has 2 amide bonds. The Morgan fingerprint density at radius 3 is 2.50 bits per heavy atom. The van der Waals surface area contributed by atoms with Gasteiger partial charge < -0.3 is 15.7 Å². The largest absolute Gasteiger partial charge is 0.411 e. The summed E-state index contributed by atoms with van der Waals surface area (Å²) in [5, 5.41) is 13.7. The van der Waals surface area contributed by atoms with Crippen LogP contribution >= 0.6 is 0 Å². The fourth-order valence-corrected chi connectivity index (χ4v) is 2.01. The first-order valence-corrected chi connectivity index (χ1v) is 5.61. The number of hydrogen-bond donors (Lipinski definition) is 3. The van der Waals surface area contributed by atoms with Gasteiger partial charge in [-0.25, -0.2) is 0 Å². The van der Waals surface area contributed by atoms with Crippen molar-refractivity contribution >= 4 is 11.8 Å². The number of carbonyl (C=O) groups is 2. The van der Waals surface area contributed by atoms with Crippen molar-refractivity contribution in [2.24, 2.45) is 5.92 Å². The Morgan fingerprint density at radius 2 is 2.06 bits per heavy atom. The molecule has 2 unspecified atom stereocenters. The van der Waals surface area contributed by atoms with Gasteiger partial charge >= 0.3 is 6.18 Å². The molecule has 2 fully saturated rings. The van der Waals surface area contributed by atoms with E-state index in [4.69, 9.17) is 0 Å². The molecule has 5 nitrogen and oxygen atoms in total. The molecule has 2 aliphatic rings. The maximum Gasteiger partial charge on any atom is 0.411 e. The second-order valence-electron chi connectivity index (χ2n) is 4.69. The van der Waals surface area contributed by atoms with E-state index in [2.05, 4.69) is 5.32 Å². The van der Waals surface area contributed by atoms with Crippen molar-refractivity contribution in [1.29, 1.82) is 0 Å². The van der Waals surface area contributed by atoms with E-state index in [9.17, 15) is 27.9 Å². The number of rotatable bonds is 2. The maximum absolute atomic E-state index is 12.6. The Kier molecular flexibility index (Phi) is 3.00. The number of carbonyl (C=O) groups excluding carboxylic acids is 2. The highest BCUT2D eigenvalue weighted by atomic mass is 19.4. The van der Waals surface area contributed by atoms with Crippen molar-refractivity contribution in [2.45, 2.75) is 37.1 Å². The lowest BCUT2D eigenvalue weighted by Crippen LogP contribution is -2.57. The van der Waals surface area contributed by atoms with Gasteiger partial charge in [-0.1, -0.05) is 0 Å². The molecular formula is C10H13F3N2O3. The van der Waals surface area contributed by atoms with Crippen molar-refractivity contribution < 1.29 is 27.9 Å². The van der Waals surface area contributed by atoms with Crippen molar-refractivity contribution in [3.63, 3.8) is 0 Å². The molecule has 2 atom stereocenters. The standard InChI is InChI=1S/C10H13F3N2O3/c11-10(12,13)9(2-3-9)15-8(18)6-5(16)1-4-14-7(6)17/h5-6,16H,1-4H2,(H,14,17)(H,15,18). The van der Waals surface area contributed by atoms with Crippen molar-refractivity contribution in [3.8, 4) is 0 Å². The number of hydrogen-bond acceptors (Lipinski definition) is 3. The molecule has 0 radical (unpaired) electrons. The summed E-state index contributed by atoms with van der Waals surface area (Å²) < 4.78 is 37.9. The van der Waals surface area contributed by atoms with Crippen LogP contribution in [0.15, 0.2) is 0 Å². The molecule has 1 saturated heterocycles. The van der Waals surface area contributed by atoms with Crippen LogP contribution in [0.1, 0.15) is 19.3 Å². The van der Waals surface area contributed by atoms with Gasteiger partial charge in [0.15, 0.2) is 0 Å². The molecule has 0 aromatic carbocycles. The highest BCUT2D eigenvalue weighted by Crippen LogP contribution is 2.49. The number of nitrogens with one attached hydrogen (secondary N) is 2. The highest BCUT2D eigenvalue weighted by Gasteiger charge is 2.64. The SMILES string of the molecule is O=C1NCCC(O)C1C(=O)NC1(C(F)(F)F)CC1. The number of amides is 2. The molecule has 18 heavy (non-hydrogen) atoms. The van der Waals surface area contributed by atoms with Crippen LogP contribution in [-0.2, 0) is 9.59 Å². The Hall–Kier alpha value is -1.31. The van der Waals surface area contributed by atoms with Gasteiger partial charge in [0.2, 0.25) is 11.8 Å². The van der Waals surface area contributed by atoms with E-state index >= 15 is 0 Å². The van der Waals surface area contributed by atoms with Crippen LogP contribution in [0, 0.1) is 5.92 Å². The van der Waals surface area contributed by atoms with Gasteiger partial charge in [0, 0.05) is 6.54 Å². The zero-order valence-electron chi connectivity index (χ0n) is 9.38. The lowest BCUT2D eigenvalue weighted by molar-refractivity contribution is -0.173. The Bertz CT molecular complexity index is 379. The summed E-state index contributed by atoms with van der Waals surface area (Å²) in [6.07, 6.45) is -5.98. The highest BCUT2D eigenvalue weighted by molar-refractivity contribution is 6.01. The molecule has 8 heteroatoms. The lowest BCUT2D eigenvalue weighted by atomic mass is 9.94.